The summed E-state index contributed by atoms with van der Waals surface area (Å²) in [5.74, 6) is 1.30. The highest BCUT2D eigenvalue weighted by Crippen LogP contribution is 2.22. The van der Waals surface area contributed by atoms with Crippen LogP contribution < -0.4 is 5.73 Å². The van der Waals surface area contributed by atoms with Crippen LogP contribution in [0.3, 0.4) is 0 Å². The lowest BCUT2D eigenvalue weighted by molar-refractivity contribution is 0.193. The molecule has 0 aromatic carbocycles. The number of nitrogens with two attached hydrogens (primary N) is 1. The molecular weight excluding hydrogens is 214 g/mol. The molecule has 0 spiro atoms. The van der Waals surface area contributed by atoms with Crippen LogP contribution in [0.5, 0.6) is 0 Å². The molecule has 1 aliphatic heterocycles. The molecule has 2 atom stereocenters. The predicted molar refractivity (Wildman–Crippen MR) is 66.9 cm³/mol. The van der Waals surface area contributed by atoms with Gasteiger partial charge in [-0.25, -0.2) is 9.97 Å². The number of hydrogen-bond donors (Lipinski definition) is 1. The van der Waals surface area contributed by atoms with Crippen LogP contribution in [0.25, 0.3) is 0 Å². The highest BCUT2D eigenvalue weighted by molar-refractivity contribution is 5.14. The second-order valence-electron chi connectivity index (χ2n) is 4.79. The molecule has 2 rings (SSSR count). The van der Waals surface area contributed by atoms with Crippen LogP contribution in [0.1, 0.15) is 42.9 Å². The zero-order valence-corrected chi connectivity index (χ0v) is 10.6. The second kappa shape index (κ2) is 5.56. The van der Waals surface area contributed by atoms with Crippen molar-refractivity contribution in [3.05, 3.63) is 23.3 Å². The minimum atomic E-state index is 0.192. The molecule has 1 saturated heterocycles. The third-order valence-electron chi connectivity index (χ3n) is 3.22. The fourth-order valence-corrected chi connectivity index (χ4v) is 2.10. The molecule has 1 aromatic rings. The van der Waals surface area contributed by atoms with Crippen molar-refractivity contribution in [1.82, 2.24) is 9.97 Å². The van der Waals surface area contributed by atoms with E-state index in [0.29, 0.717) is 5.92 Å². The van der Waals surface area contributed by atoms with Gasteiger partial charge in [0.25, 0.3) is 0 Å². The van der Waals surface area contributed by atoms with Crippen molar-refractivity contribution in [3.8, 4) is 0 Å². The minimum absolute atomic E-state index is 0.192. The first kappa shape index (κ1) is 12.5. The predicted octanol–water partition coefficient (Wildman–Crippen LogP) is 1.57. The summed E-state index contributed by atoms with van der Waals surface area (Å²) in [6.45, 7) is 5.70. The summed E-state index contributed by atoms with van der Waals surface area (Å²) < 4.78 is 5.39. The summed E-state index contributed by atoms with van der Waals surface area (Å²) in [4.78, 5) is 9.15. The van der Waals surface area contributed by atoms with Gasteiger partial charge in [-0.1, -0.05) is 6.92 Å². The number of aryl methyl sites for hydroxylation is 1. The van der Waals surface area contributed by atoms with E-state index in [4.69, 9.17) is 10.5 Å². The Balaban J connectivity index is 2.16. The van der Waals surface area contributed by atoms with Crippen LogP contribution in [-0.4, -0.2) is 29.2 Å². The third-order valence-corrected chi connectivity index (χ3v) is 3.22. The van der Waals surface area contributed by atoms with E-state index in [9.17, 15) is 0 Å². The van der Waals surface area contributed by atoms with Crippen molar-refractivity contribution in [3.63, 3.8) is 0 Å². The molecule has 0 saturated carbocycles. The van der Waals surface area contributed by atoms with Gasteiger partial charge in [0.2, 0.25) is 0 Å². The maximum atomic E-state index is 5.97. The Kier molecular flexibility index (Phi) is 4.07. The van der Waals surface area contributed by atoms with Crippen molar-refractivity contribution >= 4 is 0 Å². The van der Waals surface area contributed by atoms with Crippen LogP contribution in [-0.2, 0) is 11.2 Å². The molecule has 0 aliphatic carbocycles. The number of nitrogens with zero attached hydrogens (tertiary/aromatic N) is 2. The van der Waals surface area contributed by atoms with Gasteiger partial charge < -0.3 is 10.5 Å². The fourth-order valence-electron chi connectivity index (χ4n) is 2.10. The van der Waals surface area contributed by atoms with Gasteiger partial charge in [0.05, 0.1) is 6.61 Å². The van der Waals surface area contributed by atoms with Gasteiger partial charge in [-0.05, 0) is 25.8 Å². The summed E-state index contributed by atoms with van der Waals surface area (Å²) in [5, 5.41) is 0. The summed E-state index contributed by atoms with van der Waals surface area (Å²) in [5.41, 5.74) is 8.07. The average molecular weight is 235 g/mol. The maximum Gasteiger partial charge on any atom is 0.134 e. The molecule has 1 aromatic heterocycles. The van der Waals surface area contributed by atoms with E-state index >= 15 is 0 Å². The first-order chi connectivity index (χ1) is 8.19. The number of aromatic nitrogens is 2. The highest BCUT2D eigenvalue weighted by atomic mass is 16.5. The lowest BCUT2D eigenvalue weighted by atomic mass is 10.1. The zero-order chi connectivity index (χ0) is 12.3. The van der Waals surface area contributed by atoms with E-state index in [1.165, 1.54) is 0 Å². The molecule has 4 heteroatoms. The van der Waals surface area contributed by atoms with Crippen LogP contribution in [0.4, 0.5) is 0 Å². The number of hydrogen-bond acceptors (Lipinski definition) is 4. The van der Waals surface area contributed by atoms with Crippen LogP contribution in [0.2, 0.25) is 0 Å². The molecule has 94 valence electrons. The van der Waals surface area contributed by atoms with E-state index in [1.54, 1.807) is 0 Å². The first-order valence-electron chi connectivity index (χ1n) is 6.36. The van der Waals surface area contributed by atoms with E-state index in [2.05, 4.69) is 16.9 Å². The van der Waals surface area contributed by atoms with Crippen molar-refractivity contribution in [2.45, 2.75) is 45.1 Å². The number of rotatable bonds is 4. The van der Waals surface area contributed by atoms with Gasteiger partial charge in [0, 0.05) is 36.4 Å². The molecule has 17 heavy (non-hydrogen) atoms. The first-order valence-corrected chi connectivity index (χ1v) is 6.36. The van der Waals surface area contributed by atoms with Crippen LogP contribution >= 0.6 is 0 Å². The third kappa shape index (κ3) is 3.23. The Hall–Kier alpha value is -1.00. The van der Waals surface area contributed by atoms with Gasteiger partial charge in [-0.3, -0.25) is 0 Å². The Morgan fingerprint density at radius 2 is 2.35 bits per heavy atom. The molecule has 2 unspecified atom stereocenters. The van der Waals surface area contributed by atoms with Crippen molar-refractivity contribution in [2.75, 3.05) is 13.2 Å². The Morgan fingerprint density at radius 3 is 3.00 bits per heavy atom. The molecule has 4 nitrogen and oxygen atoms in total. The summed E-state index contributed by atoms with van der Waals surface area (Å²) in [6.07, 6.45) is 2.84. The molecule has 1 fully saturated rings. The van der Waals surface area contributed by atoms with E-state index in [1.807, 2.05) is 13.0 Å². The van der Waals surface area contributed by atoms with Crippen LogP contribution in [0, 0.1) is 6.92 Å². The summed E-state index contributed by atoms with van der Waals surface area (Å²) in [6, 6.07) is 2.23. The summed E-state index contributed by atoms with van der Waals surface area (Å²) in [7, 11) is 0. The molecular formula is C13H21N3O. The highest BCUT2D eigenvalue weighted by Gasteiger charge is 2.21. The molecule has 2 heterocycles. The van der Waals surface area contributed by atoms with Crippen molar-refractivity contribution in [2.24, 2.45) is 5.73 Å². The van der Waals surface area contributed by atoms with E-state index < -0.39 is 0 Å². The fraction of sp³-hybridized carbons (Fsp3) is 0.692. The normalized spacial score (nSPS) is 21.7. The van der Waals surface area contributed by atoms with Gasteiger partial charge in [0.15, 0.2) is 0 Å². The molecule has 2 N–H and O–H groups in total. The second-order valence-corrected chi connectivity index (χ2v) is 4.79. The topological polar surface area (TPSA) is 61.0 Å². The average Bonchev–Trinajstić information content (AvgIpc) is 2.81. The lowest BCUT2D eigenvalue weighted by Crippen LogP contribution is -2.22. The maximum absolute atomic E-state index is 5.97. The van der Waals surface area contributed by atoms with Gasteiger partial charge in [-0.15, -0.1) is 0 Å². The van der Waals surface area contributed by atoms with Crippen molar-refractivity contribution < 1.29 is 4.74 Å². The van der Waals surface area contributed by atoms with Gasteiger partial charge >= 0.3 is 0 Å². The Labute approximate surface area is 103 Å². The zero-order valence-electron chi connectivity index (χ0n) is 10.6. The molecule has 0 amide bonds. The smallest absolute Gasteiger partial charge is 0.134 e. The van der Waals surface area contributed by atoms with Gasteiger partial charge in [-0.2, -0.15) is 0 Å². The monoisotopic (exact) mass is 235 g/mol. The Bertz CT molecular complexity index is 375. The Morgan fingerprint density at radius 1 is 1.53 bits per heavy atom. The molecule has 0 bridgehead atoms. The minimum Gasteiger partial charge on any atom is -0.381 e. The quantitative estimate of drug-likeness (QED) is 0.860. The van der Waals surface area contributed by atoms with Gasteiger partial charge in [0.1, 0.15) is 5.82 Å². The van der Waals surface area contributed by atoms with E-state index in [0.717, 1.165) is 49.7 Å². The standard InChI is InChI=1S/C13H21N3O/c1-3-11(14)7-12-6-9(2)15-13(16-12)10-4-5-17-8-10/h6,10-11H,3-5,7-8,14H2,1-2H3. The lowest BCUT2D eigenvalue weighted by Gasteiger charge is -2.12. The SMILES string of the molecule is CCC(N)Cc1cc(C)nc(C2CCOC2)n1. The van der Waals surface area contributed by atoms with Crippen LogP contribution in [0.15, 0.2) is 6.07 Å². The summed E-state index contributed by atoms with van der Waals surface area (Å²) >= 11 is 0. The number of ether oxygens (including phenoxy) is 1. The largest absolute Gasteiger partial charge is 0.381 e. The molecule has 1 aliphatic rings. The van der Waals surface area contributed by atoms with E-state index in [-0.39, 0.29) is 6.04 Å². The van der Waals surface area contributed by atoms with Crippen molar-refractivity contribution in [1.29, 1.82) is 0 Å². The molecule has 0 radical (unpaired) electrons.